The molecular weight excluding hydrogens is 640 g/mol. The lowest BCUT2D eigenvalue weighted by molar-refractivity contribution is -0.138. The number of likely N-dealkylation sites (N-methyl/N-ethyl adjacent to an activating group) is 1. The number of nitrogens with zero attached hydrogens (tertiary/aromatic N) is 2. The molecular formula is C41H42N6O4. The van der Waals surface area contributed by atoms with E-state index in [1.807, 2.05) is 109 Å². The minimum absolute atomic E-state index is 0.0344. The zero-order valence-electron chi connectivity index (χ0n) is 28.6. The third kappa shape index (κ3) is 7.41. The van der Waals surface area contributed by atoms with E-state index in [-0.39, 0.29) is 30.0 Å². The first kappa shape index (κ1) is 33.7. The molecule has 0 bridgehead atoms. The number of carbonyl (C=O) groups excluding carboxylic acids is 4. The molecule has 0 saturated carbocycles. The van der Waals surface area contributed by atoms with Crippen molar-refractivity contribution in [2.24, 2.45) is 0 Å². The molecule has 3 atom stereocenters. The molecule has 2 saturated heterocycles. The molecule has 0 aliphatic carbocycles. The van der Waals surface area contributed by atoms with Gasteiger partial charge in [0.2, 0.25) is 23.6 Å². The van der Waals surface area contributed by atoms with E-state index in [1.165, 1.54) is 0 Å². The Morgan fingerprint density at radius 1 is 0.725 bits per heavy atom. The average molecular weight is 683 g/mol. The summed E-state index contributed by atoms with van der Waals surface area (Å²) in [6.45, 7) is 1.12. The third-order valence-corrected chi connectivity index (χ3v) is 9.93. The molecule has 7 rings (SSSR count). The van der Waals surface area contributed by atoms with Gasteiger partial charge in [0.1, 0.15) is 18.1 Å². The second-order valence-electron chi connectivity index (χ2n) is 13.3. The molecule has 3 heterocycles. The Kier molecular flexibility index (Phi) is 9.94. The molecule has 2 aliphatic heterocycles. The molecule has 2 fully saturated rings. The molecule has 0 spiro atoms. The van der Waals surface area contributed by atoms with Gasteiger partial charge >= 0.3 is 0 Å². The average Bonchev–Trinajstić information content (AvgIpc) is 3.93. The normalized spacial score (nSPS) is 17.7. The van der Waals surface area contributed by atoms with Crippen molar-refractivity contribution in [1.29, 1.82) is 0 Å². The molecule has 260 valence electrons. The van der Waals surface area contributed by atoms with Gasteiger partial charge in [-0.05, 0) is 85.8 Å². The number of anilines is 2. The molecule has 1 aromatic heterocycles. The number of hydrogen-bond acceptors (Lipinski definition) is 5. The van der Waals surface area contributed by atoms with Crippen LogP contribution in [0.15, 0.2) is 109 Å². The number of amides is 4. The van der Waals surface area contributed by atoms with Crippen LogP contribution in [0.1, 0.15) is 42.9 Å². The zero-order chi connectivity index (χ0) is 35.3. The first-order chi connectivity index (χ1) is 24.9. The van der Waals surface area contributed by atoms with Gasteiger partial charge in [-0.1, -0.05) is 72.8 Å². The Bertz CT molecular complexity index is 2030. The molecule has 10 heteroatoms. The number of rotatable bonds is 10. The number of aromatic amines is 1. The first-order valence-corrected chi connectivity index (χ1v) is 17.6. The second-order valence-corrected chi connectivity index (χ2v) is 13.3. The van der Waals surface area contributed by atoms with Gasteiger partial charge in [-0.15, -0.1) is 0 Å². The Morgan fingerprint density at radius 3 is 2.02 bits per heavy atom. The van der Waals surface area contributed by atoms with Crippen molar-refractivity contribution in [2.45, 2.75) is 50.2 Å². The summed E-state index contributed by atoms with van der Waals surface area (Å²) in [4.78, 5) is 60.1. The lowest BCUT2D eigenvalue weighted by Crippen LogP contribution is -2.47. The number of carbonyl (C=O) groups is 4. The minimum atomic E-state index is -0.542. The molecule has 4 amide bonds. The lowest BCUT2D eigenvalue weighted by atomic mass is 10.1. The summed E-state index contributed by atoms with van der Waals surface area (Å²) in [7, 11) is 1.76. The van der Waals surface area contributed by atoms with Gasteiger partial charge in [-0.25, -0.2) is 0 Å². The highest BCUT2D eigenvalue weighted by atomic mass is 16.2. The third-order valence-electron chi connectivity index (χ3n) is 9.93. The monoisotopic (exact) mass is 682 g/mol. The van der Waals surface area contributed by atoms with Crippen molar-refractivity contribution in [1.82, 2.24) is 20.1 Å². The van der Waals surface area contributed by atoms with E-state index in [9.17, 15) is 19.2 Å². The fourth-order valence-electron chi connectivity index (χ4n) is 7.31. The molecule has 4 aromatic carbocycles. The molecule has 51 heavy (non-hydrogen) atoms. The summed E-state index contributed by atoms with van der Waals surface area (Å²) in [6.07, 6.45) is 3.11. The predicted octanol–water partition coefficient (Wildman–Crippen LogP) is 5.90. The van der Waals surface area contributed by atoms with Crippen LogP contribution in [0, 0.1) is 0 Å². The highest BCUT2D eigenvalue weighted by Gasteiger charge is 2.37. The van der Waals surface area contributed by atoms with E-state index in [4.69, 9.17) is 0 Å². The SMILES string of the molecule is CN[C@@H](C(=O)N1CCC[C@H]1C(=O)Nc1ccc2[nH]c(-c3ccc(NC(=O)[C@@H]4CCCN4C(=O)Cc4ccccc4)cc3)cc2c1)c1ccccc1. The number of likely N-dealkylation sites (tertiary alicyclic amines) is 2. The van der Waals surface area contributed by atoms with Crippen molar-refractivity contribution in [2.75, 3.05) is 30.8 Å². The van der Waals surface area contributed by atoms with Crippen LogP contribution in [0.3, 0.4) is 0 Å². The van der Waals surface area contributed by atoms with Gasteiger partial charge < -0.3 is 30.7 Å². The summed E-state index contributed by atoms with van der Waals surface area (Å²) in [5.74, 6) is -0.511. The fraction of sp³-hybridized carbons (Fsp3) is 0.268. The maximum absolute atomic E-state index is 13.5. The highest BCUT2D eigenvalue weighted by Crippen LogP contribution is 2.29. The van der Waals surface area contributed by atoms with Crippen molar-refractivity contribution in [3.63, 3.8) is 0 Å². The van der Waals surface area contributed by atoms with Crippen molar-refractivity contribution in [3.8, 4) is 11.3 Å². The molecule has 4 N–H and O–H groups in total. The molecule has 0 radical (unpaired) electrons. The standard InChI is InChI=1S/C41H42N6O4/c1-42-38(29-12-6-3-7-13-29)41(51)47-23-9-15-36(47)40(50)44-32-20-21-33-30(25-32)26-34(45-33)28-16-18-31(19-17-28)43-39(49)35-14-8-22-46(35)37(48)24-27-10-4-2-5-11-27/h2-7,10-13,16-21,25-26,35-36,38,42,45H,8-9,14-15,22-24H2,1H3,(H,43,49)(H,44,50)/t35-,36-,38+/m0/s1. The Morgan fingerprint density at radius 2 is 1.33 bits per heavy atom. The van der Waals surface area contributed by atoms with E-state index in [2.05, 4.69) is 20.9 Å². The van der Waals surface area contributed by atoms with E-state index in [0.717, 1.165) is 46.1 Å². The van der Waals surface area contributed by atoms with Crippen LogP contribution in [-0.4, -0.2) is 70.6 Å². The summed E-state index contributed by atoms with van der Waals surface area (Å²) in [5.41, 5.74) is 5.88. The predicted molar refractivity (Wildman–Crippen MR) is 199 cm³/mol. The van der Waals surface area contributed by atoms with E-state index >= 15 is 0 Å². The Labute approximate surface area is 297 Å². The van der Waals surface area contributed by atoms with Gasteiger partial charge in [0.05, 0.1) is 6.42 Å². The molecule has 2 aliphatic rings. The van der Waals surface area contributed by atoms with Crippen molar-refractivity contribution < 1.29 is 19.2 Å². The van der Waals surface area contributed by atoms with Crippen molar-refractivity contribution in [3.05, 3.63) is 120 Å². The van der Waals surface area contributed by atoms with Crippen LogP contribution in [0.4, 0.5) is 11.4 Å². The second kappa shape index (κ2) is 15.0. The Hall–Kier alpha value is -5.74. The number of nitrogens with one attached hydrogen (secondary N) is 4. The summed E-state index contributed by atoms with van der Waals surface area (Å²) < 4.78 is 0. The van der Waals surface area contributed by atoms with Crippen LogP contribution in [0.5, 0.6) is 0 Å². The smallest absolute Gasteiger partial charge is 0.247 e. The van der Waals surface area contributed by atoms with E-state index in [1.54, 1.807) is 16.8 Å². The summed E-state index contributed by atoms with van der Waals surface area (Å²) >= 11 is 0. The number of fused-ring (bicyclic) bond motifs is 1. The number of aromatic nitrogens is 1. The van der Waals surface area contributed by atoms with Gasteiger partial charge in [0.15, 0.2) is 0 Å². The maximum atomic E-state index is 13.5. The van der Waals surface area contributed by atoms with E-state index in [0.29, 0.717) is 37.3 Å². The minimum Gasteiger partial charge on any atom is -0.355 e. The van der Waals surface area contributed by atoms with Crippen LogP contribution in [-0.2, 0) is 25.6 Å². The summed E-state index contributed by atoms with van der Waals surface area (Å²) in [5, 5.41) is 10.1. The highest BCUT2D eigenvalue weighted by molar-refractivity contribution is 6.00. The van der Waals surface area contributed by atoms with Crippen molar-refractivity contribution >= 4 is 45.9 Å². The topological polar surface area (TPSA) is 127 Å². The van der Waals surface area contributed by atoms with E-state index < -0.39 is 18.1 Å². The maximum Gasteiger partial charge on any atom is 0.247 e. The van der Waals surface area contributed by atoms with Crippen LogP contribution in [0.2, 0.25) is 0 Å². The lowest BCUT2D eigenvalue weighted by Gasteiger charge is -2.28. The first-order valence-electron chi connectivity index (χ1n) is 17.6. The fourth-order valence-corrected chi connectivity index (χ4v) is 7.31. The van der Waals surface area contributed by atoms with Gasteiger partial charge in [0.25, 0.3) is 0 Å². The Balaban J connectivity index is 0.977. The largest absolute Gasteiger partial charge is 0.355 e. The molecule has 0 unspecified atom stereocenters. The number of H-pyrrole nitrogens is 1. The van der Waals surface area contributed by atoms with Gasteiger partial charge in [-0.2, -0.15) is 0 Å². The van der Waals surface area contributed by atoms with Crippen LogP contribution in [0.25, 0.3) is 22.2 Å². The summed E-state index contributed by atoms with van der Waals surface area (Å²) in [6, 6.07) is 33.0. The quantitative estimate of drug-likeness (QED) is 0.146. The number of hydrogen-bond donors (Lipinski definition) is 4. The number of benzene rings is 4. The van der Waals surface area contributed by atoms with Gasteiger partial charge in [0, 0.05) is 41.1 Å². The molecule has 10 nitrogen and oxygen atoms in total. The van der Waals surface area contributed by atoms with Crippen LogP contribution >= 0.6 is 0 Å². The molecule has 5 aromatic rings. The zero-order valence-corrected chi connectivity index (χ0v) is 28.6. The van der Waals surface area contributed by atoms with Gasteiger partial charge in [-0.3, -0.25) is 19.2 Å². The van der Waals surface area contributed by atoms with Crippen LogP contribution < -0.4 is 16.0 Å².